The summed E-state index contributed by atoms with van der Waals surface area (Å²) in [5.74, 6) is 4.26. The molecule has 0 bridgehead atoms. The molecule has 0 saturated carbocycles. The first kappa shape index (κ1) is 11.7. The number of esters is 1. The topological polar surface area (TPSA) is 35.5 Å². The molecule has 0 fully saturated rings. The van der Waals surface area contributed by atoms with Crippen LogP contribution in [-0.4, -0.2) is 26.3 Å². The van der Waals surface area contributed by atoms with Crippen LogP contribution in [0.1, 0.15) is 13.8 Å². The maximum Gasteiger partial charge on any atom is 0.384 e. The molecule has 0 saturated heterocycles. The molecule has 0 heterocycles. The molecule has 0 spiro atoms. The number of carbonyl (C=O) groups excluding carboxylic acids is 1. The van der Waals surface area contributed by atoms with Gasteiger partial charge in [-0.25, -0.2) is 4.79 Å². The number of hydrogen-bond donors (Lipinski definition) is 0. The normalized spacial score (nSPS) is 8.23. The summed E-state index contributed by atoms with van der Waals surface area (Å²) in [5.41, 5.74) is 1.20. The van der Waals surface area contributed by atoms with Gasteiger partial charge in [-0.15, -0.1) is 0 Å². The van der Waals surface area contributed by atoms with Gasteiger partial charge in [0.2, 0.25) is 0 Å². The number of rotatable bonds is 3. The monoisotopic (exact) mass is 182 g/mol. The van der Waals surface area contributed by atoms with Crippen molar-refractivity contribution in [2.45, 2.75) is 13.8 Å². The molecule has 0 aromatic rings. The maximum absolute atomic E-state index is 10.5. The number of ether oxygens (including phenoxy) is 2. The van der Waals surface area contributed by atoms with Gasteiger partial charge in [0.15, 0.2) is 0 Å². The van der Waals surface area contributed by atoms with Crippen LogP contribution < -0.4 is 0 Å². The highest BCUT2D eigenvalue weighted by atomic mass is 16.5. The lowest BCUT2D eigenvalue weighted by atomic mass is 10.3. The summed E-state index contributed by atoms with van der Waals surface area (Å²) < 4.78 is 9.40. The Bertz CT molecular complexity index is 239. The Balaban J connectivity index is 3.49. The van der Waals surface area contributed by atoms with Gasteiger partial charge in [0.05, 0.1) is 13.7 Å². The van der Waals surface area contributed by atoms with E-state index in [0.29, 0.717) is 6.61 Å². The molecular formula is C10H14O3. The van der Waals surface area contributed by atoms with Crippen molar-refractivity contribution >= 4 is 5.97 Å². The Kier molecular flexibility index (Phi) is 6.66. The summed E-state index contributed by atoms with van der Waals surface area (Å²) in [6, 6.07) is 0. The van der Waals surface area contributed by atoms with Crippen molar-refractivity contribution < 1.29 is 14.3 Å². The van der Waals surface area contributed by atoms with Gasteiger partial charge in [-0.2, -0.15) is 0 Å². The highest BCUT2D eigenvalue weighted by Gasteiger charge is 1.87. The molecule has 13 heavy (non-hydrogen) atoms. The smallest absolute Gasteiger partial charge is 0.384 e. The summed E-state index contributed by atoms with van der Waals surface area (Å²) in [5, 5.41) is 0. The molecule has 0 unspecified atom stereocenters. The van der Waals surface area contributed by atoms with Crippen LogP contribution in [0.4, 0.5) is 0 Å². The minimum atomic E-state index is -0.536. The zero-order valence-electron chi connectivity index (χ0n) is 8.22. The van der Waals surface area contributed by atoms with Gasteiger partial charge >= 0.3 is 5.97 Å². The molecular weight excluding hydrogens is 168 g/mol. The Hall–Kier alpha value is -1.27. The molecule has 0 atom stereocenters. The van der Waals surface area contributed by atoms with Crippen molar-refractivity contribution in [1.29, 1.82) is 0 Å². The molecule has 0 amide bonds. The van der Waals surface area contributed by atoms with Crippen LogP contribution in [-0.2, 0) is 14.3 Å². The van der Waals surface area contributed by atoms with Crippen LogP contribution in [0, 0.1) is 11.8 Å². The Morgan fingerprint density at radius 2 is 2.15 bits per heavy atom. The van der Waals surface area contributed by atoms with E-state index in [0.717, 1.165) is 0 Å². The second-order valence-corrected chi connectivity index (χ2v) is 2.59. The summed E-state index contributed by atoms with van der Waals surface area (Å²) in [6.45, 7) is 4.75. The summed E-state index contributed by atoms with van der Waals surface area (Å²) >= 11 is 0. The van der Waals surface area contributed by atoms with Gasteiger partial charge in [-0.3, -0.25) is 0 Å². The van der Waals surface area contributed by atoms with E-state index in [4.69, 9.17) is 4.74 Å². The van der Waals surface area contributed by atoms with Gasteiger partial charge in [-0.05, 0) is 13.8 Å². The van der Waals surface area contributed by atoms with E-state index >= 15 is 0 Å². The van der Waals surface area contributed by atoms with Crippen LogP contribution >= 0.6 is 0 Å². The lowest BCUT2D eigenvalue weighted by molar-refractivity contribution is -0.133. The fraction of sp³-hybridized carbons (Fsp3) is 0.500. The number of methoxy groups -OCH3 is 1. The average Bonchev–Trinajstić information content (AvgIpc) is 2.10. The first-order chi connectivity index (χ1) is 6.16. The lowest BCUT2D eigenvalue weighted by Crippen LogP contribution is -1.97. The summed E-state index contributed by atoms with van der Waals surface area (Å²) in [7, 11) is 1.29. The first-order valence-electron chi connectivity index (χ1n) is 3.94. The average molecular weight is 182 g/mol. The molecule has 0 aliphatic carbocycles. The Morgan fingerprint density at radius 3 is 2.69 bits per heavy atom. The van der Waals surface area contributed by atoms with Crippen molar-refractivity contribution in [3.8, 4) is 11.8 Å². The second-order valence-electron chi connectivity index (χ2n) is 2.59. The number of allylic oxidation sites excluding steroid dienone is 1. The van der Waals surface area contributed by atoms with E-state index in [-0.39, 0.29) is 6.61 Å². The third-order valence-corrected chi connectivity index (χ3v) is 1.16. The van der Waals surface area contributed by atoms with Gasteiger partial charge in [0.25, 0.3) is 0 Å². The van der Waals surface area contributed by atoms with Crippen LogP contribution in [0.3, 0.4) is 0 Å². The molecule has 0 aliphatic heterocycles. The number of hydrogen-bond acceptors (Lipinski definition) is 3. The van der Waals surface area contributed by atoms with E-state index < -0.39 is 5.97 Å². The van der Waals surface area contributed by atoms with Gasteiger partial charge in [0, 0.05) is 5.92 Å². The van der Waals surface area contributed by atoms with E-state index in [9.17, 15) is 4.79 Å². The van der Waals surface area contributed by atoms with E-state index in [1.807, 2.05) is 19.9 Å². The third-order valence-electron chi connectivity index (χ3n) is 1.16. The van der Waals surface area contributed by atoms with Gasteiger partial charge in [0.1, 0.15) is 6.61 Å². The summed E-state index contributed by atoms with van der Waals surface area (Å²) in [4.78, 5) is 10.5. The zero-order chi connectivity index (χ0) is 10.1. The highest BCUT2D eigenvalue weighted by molar-refractivity contribution is 5.88. The predicted molar refractivity (Wildman–Crippen MR) is 50.0 cm³/mol. The first-order valence-corrected chi connectivity index (χ1v) is 3.94. The van der Waals surface area contributed by atoms with Crippen molar-refractivity contribution in [3.05, 3.63) is 11.6 Å². The van der Waals surface area contributed by atoms with E-state index in [1.54, 1.807) is 0 Å². The fourth-order valence-electron chi connectivity index (χ4n) is 0.495. The highest BCUT2D eigenvalue weighted by Crippen LogP contribution is 1.87. The quantitative estimate of drug-likeness (QED) is 0.216. The Labute approximate surface area is 78.7 Å². The van der Waals surface area contributed by atoms with Crippen molar-refractivity contribution in [2.75, 3.05) is 20.3 Å². The van der Waals surface area contributed by atoms with Crippen molar-refractivity contribution in [2.24, 2.45) is 0 Å². The standard InChI is InChI=1S/C10H14O3/c1-9(2)6-8-13-7-4-5-10(11)12-3/h6H,7-8H2,1-3H3. The van der Waals surface area contributed by atoms with Crippen LogP contribution in [0.15, 0.2) is 11.6 Å². The molecule has 0 rings (SSSR count). The largest absolute Gasteiger partial charge is 0.459 e. The van der Waals surface area contributed by atoms with Gasteiger partial charge < -0.3 is 9.47 Å². The van der Waals surface area contributed by atoms with E-state index in [2.05, 4.69) is 16.6 Å². The molecule has 0 radical (unpaired) electrons. The number of carbonyl (C=O) groups is 1. The lowest BCUT2D eigenvalue weighted by Gasteiger charge is -1.93. The molecule has 0 aromatic heterocycles. The molecule has 3 heteroatoms. The third kappa shape index (κ3) is 8.64. The molecule has 3 nitrogen and oxygen atoms in total. The van der Waals surface area contributed by atoms with E-state index in [1.165, 1.54) is 12.7 Å². The predicted octanol–water partition coefficient (Wildman–Crippen LogP) is 1.15. The minimum absolute atomic E-state index is 0.249. The zero-order valence-corrected chi connectivity index (χ0v) is 8.22. The molecule has 72 valence electrons. The summed E-state index contributed by atoms with van der Waals surface area (Å²) in [6.07, 6.45) is 1.94. The van der Waals surface area contributed by atoms with Crippen LogP contribution in [0.25, 0.3) is 0 Å². The van der Waals surface area contributed by atoms with Gasteiger partial charge in [-0.1, -0.05) is 17.6 Å². The molecule has 0 aromatic carbocycles. The SMILES string of the molecule is COC(=O)C#CCOCC=C(C)C. The fourth-order valence-corrected chi connectivity index (χ4v) is 0.495. The van der Waals surface area contributed by atoms with Crippen molar-refractivity contribution in [1.82, 2.24) is 0 Å². The maximum atomic E-state index is 10.5. The van der Waals surface area contributed by atoms with Crippen molar-refractivity contribution in [3.63, 3.8) is 0 Å². The minimum Gasteiger partial charge on any atom is -0.459 e. The van der Waals surface area contributed by atoms with Crippen LogP contribution in [0.2, 0.25) is 0 Å². The Morgan fingerprint density at radius 1 is 1.46 bits per heavy atom. The molecule has 0 N–H and O–H groups in total. The molecule has 0 aliphatic rings. The second kappa shape index (κ2) is 7.38. The van der Waals surface area contributed by atoms with Crippen LogP contribution in [0.5, 0.6) is 0 Å².